The molecule has 200 valence electrons. The molecule has 3 aromatic carbocycles. The molecule has 0 atom stereocenters. The van der Waals surface area contributed by atoms with E-state index in [-0.39, 0.29) is 23.3 Å². The van der Waals surface area contributed by atoms with Crippen LogP contribution in [0.4, 0.5) is 4.39 Å². The van der Waals surface area contributed by atoms with E-state index in [1.807, 2.05) is 42.5 Å². The number of hydrogen-bond donors (Lipinski definition) is 0. The van der Waals surface area contributed by atoms with Gasteiger partial charge in [-0.15, -0.1) is 0 Å². The lowest BCUT2D eigenvalue weighted by Gasteiger charge is -2.44. The fourth-order valence-corrected chi connectivity index (χ4v) is 6.91. The van der Waals surface area contributed by atoms with Crippen molar-refractivity contribution in [3.05, 3.63) is 130 Å². The molecule has 0 N–H and O–H groups in total. The number of carbonyl (C=O) groups excluding carboxylic acids is 2. The number of rotatable bonds is 5. The van der Waals surface area contributed by atoms with Crippen LogP contribution in [0.2, 0.25) is 0 Å². The number of ketones is 2. The highest BCUT2D eigenvalue weighted by Crippen LogP contribution is 2.51. The summed E-state index contributed by atoms with van der Waals surface area (Å²) < 4.78 is 15.8. The van der Waals surface area contributed by atoms with Gasteiger partial charge in [-0.25, -0.2) is 4.39 Å². The van der Waals surface area contributed by atoms with E-state index < -0.39 is 0 Å². The number of benzene rings is 3. The molecule has 40 heavy (non-hydrogen) atoms. The van der Waals surface area contributed by atoms with Gasteiger partial charge in [0.25, 0.3) is 0 Å². The largest absolute Gasteiger partial charge is 0.343 e. The molecule has 1 aromatic heterocycles. The third-order valence-corrected chi connectivity index (χ3v) is 8.67. The molecule has 7 rings (SSSR count). The van der Waals surface area contributed by atoms with Crippen molar-refractivity contribution >= 4 is 22.5 Å². The summed E-state index contributed by atoms with van der Waals surface area (Å²) in [5, 5.41) is 1.06. The Morgan fingerprint density at radius 2 is 1.27 bits per heavy atom. The molecule has 0 radical (unpaired) electrons. The summed E-state index contributed by atoms with van der Waals surface area (Å²) in [6.07, 6.45) is 6.49. The first kappa shape index (κ1) is 24.8. The van der Waals surface area contributed by atoms with E-state index in [2.05, 4.69) is 39.9 Å². The molecule has 5 heteroatoms. The minimum atomic E-state index is -0.364. The average molecular weight is 531 g/mol. The van der Waals surface area contributed by atoms with Crippen LogP contribution < -0.4 is 0 Å². The van der Waals surface area contributed by atoms with Gasteiger partial charge < -0.3 is 9.47 Å². The van der Waals surface area contributed by atoms with E-state index in [0.29, 0.717) is 25.9 Å². The highest BCUT2D eigenvalue weighted by atomic mass is 19.1. The van der Waals surface area contributed by atoms with Crippen molar-refractivity contribution in [3.8, 4) is 0 Å². The maximum atomic E-state index is 13.8. The van der Waals surface area contributed by atoms with Crippen LogP contribution in [0.5, 0.6) is 0 Å². The Hall–Kier alpha value is -4.25. The van der Waals surface area contributed by atoms with Gasteiger partial charge in [0.15, 0.2) is 11.6 Å². The van der Waals surface area contributed by atoms with Crippen LogP contribution in [0.15, 0.2) is 108 Å². The first-order valence-corrected chi connectivity index (χ1v) is 14.2. The average Bonchev–Trinajstić information content (AvgIpc) is 3.33. The zero-order chi connectivity index (χ0) is 27.2. The van der Waals surface area contributed by atoms with Crippen LogP contribution in [-0.2, 0) is 22.7 Å². The number of aromatic nitrogens is 1. The van der Waals surface area contributed by atoms with E-state index in [1.165, 1.54) is 17.7 Å². The van der Waals surface area contributed by atoms with Crippen LogP contribution >= 0.6 is 0 Å². The number of Topliss-reactive ketones (excluding diaryl/α,β-unsaturated/α-hetero) is 2. The number of carbonyl (C=O) groups is 2. The lowest BCUT2D eigenvalue weighted by atomic mass is 9.71. The highest BCUT2D eigenvalue weighted by Gasteiger charge is 2.44. The number of halogens is 1. The van der Waals surface area contributed by atoms with E-state index >= 15 is 0 Å². The Morgan fingerprint density at radius 1 is 0.675 bits per heavy atom. The van der Waals surface area contributed by atoms with Gasteiger partial charge in [-0.2, -0.15) is 0 Å². The molecule has 4 aromatic rings. The fraction of sp³-hybridized carbons (Fsp3) is 0.257. The van der Waals surface area contributed by atoms with Gasteiger partial charge in [0.05, 0.1) is 0 Å². The topological polar surface area (TPSA) is 42.3 Å². The first-order chi connectivity index (χ1) is 19.6. The number of hydrogen-bond acceptors (Lipinski definition) is 3. The van der Waals surface area contributed by atoms with Gasteiger partial charge >= 0.3 is 0 Å². The summed E-state index contributed by atoms with van der Waals surface area (Å²) in [6, 6.07) is 25.1. The minimum absolute atomic E-state index is 0.157. The summed E-state index contributed by atoms with van der Waals surface area (Å²) in [4.78, 5) is 29.9. The summed E-state index contributed by atoms with van der Waals surface area (Å²) in [6.45, 7) is 1.24. The molecule has 0 bridgehead atoms. The Kier molecular flexibility index (Phi) is 6.22. The monoisotopic (exact) mass is 530 g/mol. The van der Waals surface area contributed by atoms with E-state index in [4.69, 9.17) is 0 Å². The van der Waals surface area contributed by atoms with E-state index in [9.17, 15) is 14.0 Å². The second-order valence-corrected chi connectivity index (χ2v) is 11.1. The minimum Gasteiger partial charge on any atom is -0.343 e. The van der Waals surface area contributed by atoms with Crippen molar-refractivity contribution in [2.24, 2.45) is 0 Å². The third kappa shape index (κ3) is 4.21. The van der Waals surface area contributed by atoms with Crippen LogP contribution in [-0.4, -0.2) is 21.0 Å². The maximum absolute atomic E-state index is 13.8. The fourth-order valence-electron chi connectivity index (χ4n) is 6.91. The molecule has 2 aliphatic carbocycles. The zero-order valence-electron chi connectivity index (χ0n) is 22.4. The van der Waals surface area contributed by atoms with Crippen LogP contribution in [0.1, 0.15) is 61.1 Å². The van der Waals surface area contributed by atoms with Crippen LogP contribution in [0, 0.1) is 5.82 Å². The molecule has 0 saturated heterocycles. The summed E-state index contributed by atoms with van der Waals surface area (Å²) >= 11 is 0. The molecule has 3 aliphatic rings. The van der Waals surface area contributed by atoms with Gasteiger partial charge in [-0.3, -0.25) is 9.59 Å². The predicted molar refractivity (Wildman–Crippen MR) is 154 cm³/mol. The summed E-state index contributed by atoms with van der Waals surface area (Å²) in [5.41, 5.74) is 8.02. The molecule has 2 heterocycles. The van der Waals surface area contributed by atoms with Crippen molar-refractivity contribution in [1.29, 1.82) is 0 Å². The van der Waals surface area contributed by atoms with Gasteiger partial charge in [-0.05, 0) is 60.6 Å². The zero-order valence-corrected chi connectivity index (χ0v) is 22.4. The number of allylic oxidation sites excluding steroid dienone is 4. The maximum Gasteiger partial charge on any atom is 0.161 e. The quantitative estimate of drug-likeness (QED) is 0.269. The molecular formula is C35H31FN2O2. The van der Waals surface area contributed by atoms with Gasteiger partial charge in [0.2, 0.25) is 0 Å². The molecule has 0 amide bonds. The van der Waals surface area contributed by atoms with Crippen molar-refractivity contribution < 1.29 is 14.0 Å². The molecule has 0 saturated carbocycles. The Bertz CT molecular complexity index is 1650. The van der Waals surface area contributed by atoms with Crippen LogP contribution in [0.3, 0.4) is 0 Å². The summed E-state index contributed by atoms with van der Waals surface area (Å²) in [5.74, 6) is -0.305. The second kappa shape index (κ2) is 10.1. The highest BCUT2D eigenvalue weighted by molar-refractivity contribution is 6.07. The van der Waals surface area contributed by atoms with Crippen molar-refractivity contribution in [1.82, 2.24) is 9.47 Å². The third-order valence-electron chi connectivity index (χ3n) is 8.67. The molecular weight excluding hydrogens is 499 g/mol. The van der Waals surface area contributed by atoms with Gasteiger partial charge in [-0.1, -0.05) is 60.7 Å². The Morgan fingerprint density at radius 3 is 1.95 bits per heavy atom. The number of nitrogens with zero attached hydrogens (tertiary/aromatic N) is 2. The van der Waals surface area contributed by atoms with E-state index in [1.54, 1.807) is 0 Å². The normalized spacial score (nSPS) is 18.0. The SMILES string of the molecule is O=C1CCCC2=C1C(c1cn(Cc3ccc(F)cc3)c3ccccc13)C1=C(CCCC1=O)N2Cc1ccccc1. The number of fused-ring (bicyclic) bond motifs is 1. The molecule has 4 nitrogen and oxygen atoms in total. The van der Waals surface area contributed by atoms with Gasteiger partial charge in [0.1, 0.15) is 5.82 Å². The molecule has 1 aliphatic heterocycles. The standard InChI is InChI=1S/C35H31FN2O2/c36-25-18-16-24(17-19-25)20-37-22-27(26-10-4-5-11-28(26)37)33-34-29(12-6-14-31(34)39)38(21-23-8-2-1-3-9-23)30-13-7-15-32(40)35(30)33/h1-5,8-11,16-19,22,33H,6-7,12-15,20-21H2. The van der Waals surface area contributed by atoms with Gasteiger partial charge in [0, 0.05) is 71.5 Å². The Balaban J connectivity index is 1.42. The van der Waals surface area contributed by atoms with E-state index in [0.717, 1.165) is 70.3 Å². The van der Waals surface area contributed by atoms with Crippen molar-refractivity contribution in [2.75, 3.05) is 0 Å². The summed E-state index contributed by atoms with van der Waals surface area (Å²) in [7, 11) is 0. The lowest BCUT2D eigenvalue weighted by Crippen LogP contribution is -2.38. The van der Waals surface area contributed by atoms with Crippen LogP contribution in [0.25, 0.3) is 10.9 Å². The lowest BCUT2D eigenvalue weighted by molar-refractivity contribution is -0.117. The molecule has 0 fully saturated rings. The molecule has 0 spiro atoms. The smallest absolute Gasteiger partial charge is 0.161 e. The predicted octanol–water partition coefficient (Wildman–Crippen LogP) is 7.44. The first-order valence-electron chi connectivity index (χ1n) is 14.2. The van der Waals surface area contributed by atoms with Crippen molar-refractivity contribution in [2.45, 2.75) is 57.5 Å². The van der Waals surface area contributed by atoms with Crippen molar-refractivity contribution in [3.63, 3.8) is 0 Å². The second-order valence-electron chi connectivity index (χ2n) is 11.1. The Labute approximate surface area is 233 Å². The molecule has 0 unspecified atom stereocenters. The number of para-hydroxylation sites is 1.